The first-order chi connectivity index (χ1) is 11.2. The van der Waals surface area contributed by atoms with Crippen molar-refractivity contribution >= 4 is 11.8 Å². The van der Waals surface area contributed by atoms with E-state index in [-0.39, 0.29) is 18.4 Å². The highest BCUT2D eigenvalue weighted by Gasteiger charge is 2.21. The van der Waals surface area contributed by atoms with Crippen LogP contribution in [0.5, 0.6) is 0 Å². The number of rotatable bonds is 7. The number of carbonyl (C=O) groups excluding carboxylic acids is 2. The lowest BCUT2D eigenvalue weighted by molar-refractivity contribution is -0.134. The van der Waals surface area contributed by atoms with Crippen molar-refractivity contribution in [2.45, 2.75) is 32.7 Å². The highest BCUT2D eigenvalue weighted by molar-refractivity contribution is 5.84. The van der Waals surface area contributed by atoms with Gasteiger partial charge in [0.2, 0.25) is 11.8 Å². The molecular weight excluding hydrogens is 290 g/mol. The zero-order valence-electron chi connectivity index (χ0n) is 14.0. The number of benzene rings is 1. The maximum absolute atomic E-state index is 12.1. The van der Waals surface area contributed by atoms with Gasteiger partial charge in [-0.3, -0.25) is 14.5 Å². The number of piperazine rings is 1. The third-order valence-electron chi connectivity index (χ3n) is 4.17. The smallest absolute Gasteiger partial charge is 0.242 e. The quantitative estimate of drug-likeness (QED) is 0.832. The first-order valence-electron chi connectivity index (χ1n) is 8.49. The molecule has 1 N–H and O–H groups in total. The lowest BCUT2D eigenvalue weighted by atomic mass is 10.2. The van der Waals surface area contributed by atoms with Crippen molar-refractivity contribution in [2.24, 2.45) is 0 Å². The molecule has 0 saturated carbocycles. The maximum atomic E-state index is 12.1. The summed E-state index contributed by atoms with van der Waals surface area (Å²) in [4.78, 5) is 27.9. The molecular formula is C18H27N3O2. The summed E-state index contributed by atoms with van der Waals surface area (Å²) in [5, 5.41) is 2.72. The Morgan fingerprint density at radius 3 is 2.43 bits per heavy atom. The minimum atomic E-state index is -0.0251. The van der Waals surface area contributed by atoms with Crippen LogP contribution in [-0.2, 0) is 16.1 Å². The Morgan fingerprint density at radius 2 is 1.78 bits per heavy atom. The lowest BCUT2D eigenvalue weighted by Crippen LogP contribution is -2.50. The molecule has 1 fully saturated rings. The monoisotopic (exact) mass is 317 g/mol. The SMILES string of the molecule is CCCCC(=O)NCC(=O)N1CCN(Cc2ccccc2)CC1. The number of carbonyl (C=O) groups is 2. The highest BCUT2D eigenvalue weighted by Crippen LogP contribution is 2.08. The number of hydrogen-bond acceptors (Lipinski definition) is 3. The van der Waals surface area contributed by atoms with E-state index in [1.165, 1.54) is 5.56 Å². The van der Waals surface area contributed by atoms with Crippen molar-refractivity contribution < 1.29 is 9.59 Å². The highest BCUT2D eigenvalue weighted by atomic mass is 16.2. The third-order valence-corrected chi connectivity index (χ3v) is 4.17. The van der Waals surface area contributed by atoms with E-state index in [0.717, 1.165) is 45.6 Å². The van der Waals surface area contributed by atoms with Gasteiger partial charge in [0.25, 0.3) is 0 Å². The standard InChI is InChI=1S/C18H27N3O2/c1-2-3-9-17(22)19-14-18(23)21-12-10-20(11-13-21)15-16-7-5-4-6-8-16/h4-8H,2-3,9-15H2,1H3,(H,19,22). The number of nitrogens with zero attached hydrogens (tertiary/aromatic N) is 2. The largest absolute Gasteiger partial charge is 0.347 e. The van der Waals surface area contributed by atoms with E-state index in [1.807, 2.05) is 17.9 Å². The summed E-state index contributed by atoms with van der Waals surface area (Å²) in [5.74, 6) is -0.00266. The molecule has 0 atom stereocenters. The first-order valence-corrected chi connectivity index (χ1v) is 8.49. The molecule has 1 aromatic carbocycles. The normalized spacial score (nSPS) is 15.4. The molecule has 1 saturated heterocycles. The van der Waals surface area contributed by atoms with Gasteiger partial charge < -0.3 is 10.2 Å². The van der Waals surface area contributed by atoms with Gasteiger partial charge in [-0.05, 0) is 12.0 Å². The van der Waals surface area contributed by atoms with Crippen molar-refractivity contribution in [1.29, 1.82) is 0 Å². The Balaban J connectivity index is 1.67. The molecule has 0 bridgehead atoms. The summed E-state index contributed by atoms with van der Waals surface area (Å²) in [5.41, 5.74) is 1.30. The zero-order chi connectivity index (χ0) is 16.5. The number of nitrogens with one attached hydrogen (secondary N) is 1. The molecule has 1 aliphatic rings. The molecule has 0 aromatic heterocycles. The van der Waals surface area contributed by atoms with Crippen LogP contribution in [0.15, 0.2) is 30.3 Å². The van der Waals surface area contributed by atoms with Gasteiger partial charge in [-0.25, -0.2) is 0 Å². The van der Waals surface area contributed by atoms with Crippen molar-refractivity contribution in [1.82, 2.24) is 15.1 Å². The molecule has 0 unspecified atom stereocenters. The number of unbranched alkanes of at least 4 members (excludes halogenated alkanes) is 1. The van der Waals surface area contributed by atoms with E-state index >= 15 is 0 Å². The third kappa shape index (κ3) is 6.02. The van der Waals surface area contributed by atoms with E-state index in [2.05, 4.69) is 34.5 Å². The van der Waals surface area contributed by atoms with Crippen LogP contribution >= 0.6 is 0 Å². The molecule has 0 aliphatic carbocycles. The summed E-state index contributed by atoms with van der Waals surface area (Å²) < 4.78 is 0. The molecule has 0 spiro atoms. The van der Waals surface area contributed by atoms with Gasteiger partial charge in [-0.15, -0.1) is 0 Å². The van der Waals surface area contributed by atoms with E-state index in [9.17, 15) is 9.59 Å². The van der Waals surface area contributed by atoms with Gasteiger partial charge in [0.1, 0.15) is 0 Å². The predicted octanol–water partition coefficient (Wildman–Crippen LogP) is 1.64. The summed E-state index contributed by atoms with van der Waals surface area (Å²) in [6.45, 7) is 6.33. The fourth-order valence-electron chi connectivity index (χ4n) is 2.71. The second-order valence-electron chi connectivity index (χ2n) is 6.02. The fourth-order valence-corrected chi connectivity index (χ4v) is 2.71. The molecule has 0 radical (unpaired) electrons. The minimum Gasteiger partial charge on any atom is -0.347 e. The first kappa shape index (κ1) is 17.5. The number of hydrogen-bond donors (Lipinski definition) is 1. The molecule has 126 valence electrons. The van der Waals surface area contributed by atoms with Crippen LogP contribution in [-0.4, -0.2) is 54.3 Å². The summed E-state index contributed by atoms with van der Waals surface area (Å²) >= 11 is 0. The Hall–Kier alpha value is -1.88. The Bertz CT molecular complexity index is 496. The minimum absolute atomic E-state index is 0.0224. The van der Waals surface area contributed by atoms with Gasteiger partial charge in [0.05, 0.1) is 6.54 Å². The molecule has 23 heavy (non-hydrogen) atoms. The van der Waals surface area contributed by atoms with E-state index in [0.29, 0.717) is 6.42 Å². The van der Waals surface area contributed by atoms with Crippen LogP contribution in [0, 0.1) is 0 Å². The van der Waals surface area contributed by atoms with Crippen molar-refractivity contribution in [2.75, 3.05) is 32.7 Å². The van der Waals surface area contributed by atoms with Gasteiger partial charge in [-0.1, -0.05) is 43.7 Å². The van der Waals surface area contributed by atoms with Crippen molar-refractivity contribution in [3.05, 3.63) is 35.9 Å². The molecule has 2 rings (SSSR count). The van der Waals surface area contributed by atoms with E-state index in [1.54, 1.807) is 0 Å². The fraction of sp³-hybridized carbons (Fsp3) is 0.556. The van der Waals surface area contributed by atoms with Gasteiger partial charge in [-0.2, -0.15) is 0 Å². The van der Waals surface area contributed by atoms with Crippen LogP contribution in [0.1, 0.15) is 31.7 Å². The van der Waals surface area contributed by atoms with Crippen molar-refractivity contribution in [3.8, 4) is 0 Å². The van der Waals surface area contributed by atoms with Crippen LogP contribution in [0.2, 0.25) is 0 Å². The lowest BCUT2D eigenvalue weighted by Gasteiger charge is -2.34. The molecule has 5 heteroatoms. The Labute approximate surface area is 138 Å². The number of amides is 2. The molecule has 5 nitrogen and oxygen atoms in total. The van der Waals surface area contributed by atoms with Gasteiger partial charge in [0.15, 0.2) is 0 Å². The zero-order valence-corrected chi connectivity index (χ0v) is 14.0. The summed E-state index contributed by atoms with van der Waals surface area (Å²) in [7, 11) is 0. The maximum Gasteiger partial charge on any atom is 0.242 e. The van der Waals surface area contributed by atoms with E-state index < -0.39 is 0 Å². The average Bonchev–Trinajstić information content (AvgIpc) is 2.59. The second kappa shape index (κ2) is 9.30. The molecule has 1 aliphatic heterocycles. The van der Waals surface area contributed by atoms with Crippen molar-refractivity contribution in [3.63, 3.8) is 0 Å². The van der Waals surface area contributed by atoms with Crippen LogP contribution in [0.3, 0.4) is 0 Å². The Kier molecular flexibility index (Phi) is 7.07. The second-order valence-corrected chi connectivity index (χ2v) is 6.02. The summed E-state index contributed by atoms with van der Waals surface area (Å²) in [6, 6.07) is 10.4. The van der Waals surface area contributed by atoms with E-state index in [4.69, 9.17) is 0 Å². The average molecular weight is 317 g/mol. The topological polar surface area (TPSA) is 52.7 Å². The predicted molar refractivity (Wildman–Crippen MR) is 90.8 cm³/mol. The van der Waals surface area contributed by atoms with Gasteiger partial charge >= 0.3 is 0 Å². The molecule has 1 heterocycles. The molecule has 1 aromatic rings. The molecule has 2 amide bonds. The Morgan fingerprint density at radius 1 is 1.09 bits per heavy atom. The van der Waals surface area contributed by atoms with Gasteiger partial charge in [0, 0.05) is 39.1 Å². The van der Waals surface area contributed by atoms with Crippen LogP contribution < -0.4 is 5.32 Å². The van der Waals surface area contributed by atoms with Crippen LogP contribution in [0.25, 0.3) is 0 Å². The summed E-state index contributed by atoms with van der Waals surface area (Å²) in [6.07, 6.45) is 2.37. The van der Waals surface area contributed by atoms with Crippen LogP contribution in [0.4, 0.5) is 0 Å².